The third kappa shape index (κ3) is 9.08. The number of rotatable bonds is 13. The summed E-state index contributed by atoms with van der Waals surface area (Å²) in [5.74, 6) is 0.746. The van der Waals surface area contributed by atoms with E-state index < -0.39 is 38.9 Å². The average Bonchev–Trinajstić information content (AvgIpc) is 3.14. The summed E-state index contributed by atoms with van der Waals surface area (Å²) in [6.45, 7) is 7.71. The van der Waals surface area contributed by atoms with Crippen LogP contribution in [0.5, 0.6) is 0 Å². The van der Waals surface area contributed by atoms with Crippen LogP contribution in [0.25, 0.3) is 11.4 Å². The molecule has 0 spiro atoms. The molecule has 3 aliphatic rings. The minimum absolute atomic E-state index is 0.0760. The zero-order valence-electron chi connectivity index (χ0n) is 31.1. The van der Waals surface area contributed by atoms with Crippen molar-refractivity contribution in [2.45, 2.75) is 94.7 Å². The number of carboxylic acid groups (broad SMARTS) is 1. The van der Waals surface area contributed by atoms with Crippen LogP contribution in [-0.4, -0.2) is 83.6 Å². The van der Waals surface area contributed by atoms with Crippen LogP contribution in [-0.2, 0) is 25.8 Å². The Labute approximate surface area is 313 Å². The van der Waals surface area contributed by atoms with Crippen LogP contribution < -0.4 is 10.2 Å². The van der Waals surface area contributed by atoms with Crippen molar-refractivity contribution in [1.82, 2.24) is 20.2 Å². The van der Waals surface area contributed by atoms with E-state index in [4.69, 9.17) is 0 Å². The first-order valence-corrected chi connectivity index (χ1v) is 20.8. The second-order valence-corrected chi connectivity index (χ2v) is 18.0. The van der Waals surface area contributed by atoms with E-state index in [0.717, 1.165) is 47.7 Å². The van der Waals surface area contributed by atoms with E-state index >= 15 is 0 Å². The molecular formula is C41H53N5O6S. The van der Waals surface area contributed by atoms with Crippen LogP contribution in [0.2, 0.25) is 0 Å². The van der Waals surface area contributed by atoms with Crippen molar-refractivity contribution in [3.8, 4) is 11.4 Å². The van der Waals surface area contributed by atoms with Gasteiger partial charge in [-0.3, -0.25) is 14.4 Å². The van der Waals surface area contributed by atoms with E-state index in [1.165, 1.54) is 80.5 Å². The number of sulfone groups is 1. The third-order valence-electron chi connectivity index (χ3n) is 11.7. The molecule has 3 heterocycles. The summed E-state index contributed by atoms with van der Waals surface area (Å²) in [4.78, 5) is 51.5. The van der Waals surface area contributed by atoms with Gasteiger partial charge in [0.15, 0.2) is 15.7 Å². The first-order valence-electron chi connectivity index (χ1n) is 19.3. The first-order chi connectivity index (χ1) is 25.4. The van der Waals surface area contributed by atoms with Crippen molar-refractivity contribution in [1.29, 1.82) is 0 Å². The fourth-order valence-corrected chi connectivity index (χ4v) is 9.25. The molecule has 0 unspecified atom stereocenters. The summed E-state index contributed by atoms with van der Waals surface area (Å²) in [5, 5.41) is 11.5. The summed E-state index contributed by atoms with van der Waals surface area (Å²) in [6, 6.07) is 12.2. The number of piperidine rings is 1. The van der Waals surface area contributed by atoms with E-state index in [2.05, 4.69) is 27.1 Å². The zero-order chi connectivity index (χ0) is 37.7. The Balaban J connectivity index is 1.07. The van der Waals surface area contributed by atoms with E-state index in [1.54, 1.807) is 13.8 Å². The number of carbonyl (C=O) groups is 3. The monoisotopic (exact) mass is 743 g/mol. The number of amides is 2. The van der Waals surface area contributed by atoms with Crippen molar-refractivity contribution < 1.29 is 27.9 Å². The molecule has 2 aromatic carbocycles. The van der Waals surface area contributed by atoms with Crippen LogP contribution in [0.4, 0.5) is 5.69 Å². The van der Waals surface area contributed by atoms with Gasteiger partial charge in [-0.15, -0.1) is 0 Å². The highest BCUT2D eigenvalue weighted by Gasteiger charge is 2.39. The molecule has 2 saturated heterocycles. The molecule has 11 nitrogen and oxygen atoms in total. The molecule has 1 aliphatic carbocycles. The number of nitrogens with one attached hydrogen (secondary N) is 1. The quantitative estimate of drug-likeness (QED) is 0.214. The van der Waals surface area contributed by atoms with Gasteiger partial charge >= 0.3 is 5.97 Å². The van der Waals surface area contributed by atoms with Crippen LogP contribution in [0, 0.1) is 23.7 Å². The fourth-order valence-electron chi connectivity index (χ4n) is 8.19. The van der Waals surface area contributed by atoms with Crippen LogP contribution in [0.1, 0.15) is 88.1 Å². The first kappa shape index (κ1) is 38.4. The summed E-state index contributed by atoms with van der Waals surface area (Å²) in [7, 11) is -3.51. The minimum Gasteiger partial charge on any atom is -0.481 e. The van der Waals surface area contributed by atoms with Crippen LogP contribution >= 0.6 is 0 Å². The number of aliphatic carboxylic acids is 1. The lowest BCUT2D eigenvalue weighted by molar-refractivity contribution is -0.153. The highest BCUT2D eigenvalue weighted by atomic mass is 32.2. The molecule has 0 bridgehead atoms. The SMILES string of the molecule is CCC[C@H]1CC[C@H](C2CCN(c3cnc(-c4ccc(C[C@H](NC(=O)c5ccc(S(=O)(=O)C(C)C)cc5)C(=O)N5CC(C(=O)O)C5)cc4)nc3)CC2)CC1. The van der Waals surface area contributed by atoms with Gasteiger partial charge in [0.25, 0.3) is 5.91 Å². The minimum atomic E-state index is -3.51. The summed E-state index contributed by atoms with van der Waals surface area (Å²) in [5.41, 5.74) is 2.87. The Kier molecular flexibility index (Phi) is 12.2. The maximum absolute atomic E-state index is 13.5. The molecule has 6 rings (SSSR count). The number of aromatic nitrogens is 2. The number of benzene rings is 2. The predicted octanol–water partition coefficient (Wildman–Crippen LogP) is 6.03. The maximum Gasteiger partial charge on any atom is 0.310 e. The Morgan fingerprint density at radius 2 is 1.47 bits per heavy atom. The molecule has 53 heavy (non-hydrogen) atoms. The smallest absolute Gasteiger partial charge is 0.310 e. The van der Waals surface area contributed by atoms with Crippen molar-refractivity contribution >= 4 is 33.3 Å². The van der Waals surface area contributed by atoms with Gasteiger partial charge in [-0.05, 0) is 87.1 Å². The average molecular weight is 744 g/mol. The number of nitrogens with zero attached hydrogens (tertiary/aromatic N) is 4. The van der Waals surface area contributed by atoms with Crippen LogP contribution in [0.15, 0.2) is 65.8 Å². The van der Waals surface area contributed by atoms with Gasteiger partial charge < -0.3 is 20.2 Å². The van der Waals surface area contributed by atoms with Crippen molar-refractivity contribution in [3.63, 3.8) is 0 Å². The van der Waals surface area contributed by atoms with Crippen LogP contribution in [0.3, 0.4) is 0 Å². The molecule has 0 radical (unpaired) electrons. The second kappa shape index (κ2) is 16.8. The zero-order valence-corrected chi connectivity index (χ0v) is 31.9. The lowest BCUT2D eigenvalue weighted by Crippen LogP contribution is -2.59. The largest absolute Gasteiger partial charge is 0.481 e. The number of carbonyl (C=O) groups excluding carboxylic acids is 2. The van der Waals surface area contributed by atoms with Gasteiger partial charge in [-0.2, -0.15) is 0 Å². The number of anilines is 1. The van der Waals surface area contributed by atoms with Crippen molar-refractivity contribution in [2.24, 2.45) is 23.7 Å². The number of hydrogen-bond donors (Lipinski definition) is 2. The maximum atomic E-state index is 13.5. The lowest BCUT2D eigenvalue weighted by atomic mass is 9.72. The third-order valence-corrected chi connectivity index (χ3v) is 13.8. The van der Waals surface area contributed by atoms with E-state index in [1.807, 2.05) is 36.7 Å². The van der Waals surface area contributed by atoms with Gasteiger partial charge in [0.05, 0.1) is 34.1 Å². The highest BCUT2D eigenvalue weighted by molar-refractivity contribution is 7.92. The summed E-state index contributed by atoms with van der Waals surface area (Å²) in [6.07, 6.45) is 14.7. The molecule has 1 atom stereocenters. The Bertz CT molecular complexity index is 1830. The van der Waals surface area contributed by atoms with E-state index in [9.17, 15) is 27.9 Å². The normalized spacial score (nSPS) is 20.5. The Hall–Kier alpha value is -4.32. The van der Waals surface area contributed by atoms with Gasteiger partial charge in [0.2, 0.25) is 5.91 Å². The Morgan fingerprint density at radius 1 is 0.868 bits per heavy atom. The molecule has 3 aromatic rings. The molecular weight excluding hydrogens is 691 g/mol. The van der Waals surface area contributed by atoms with E-state index in [-0.39, 0.29) is 35.9 Å². The molecule has 2 amide bonds. The predicted molar refractivity (Wildman–Crippen MR) is 204 cm³/mol. The standard InChI is InChI=1S/C41H53N5O6S/c1-4-5-28-6-10-30(11-7-28)31-18-20-45(21-19-31)35-23-42-38(43-24-35)32-12-8-29(9-13-32)22-37(40(48)46-25-34(26-46)41(49)50)44-39(47)33-14-16-36(17-15-33)53(51,52)27(2)3/h8-9,12-17,23-24,27-28,30-31,34,37H,4-7,10-11,18-22,25-26H2,1-3H3,(H,44,47)(H,49,50)/t28-,30-,37-/m0/s1. The number of hydrogen-bond acceptors (Lipinski definition) is 8. The molecule has 284 valence electrons. The molecule has 12 heteroatoms. The number of carboxylic acids is 1. The van der Waals surface area contributed by atoms with Gasteiger partial charge in [-0.25, -0.2) is 18.4 Å². The highest BCUT2D eigenvalue weighted by Crippen LogP contribution is 2.39. The van der Waals surface area contributed by atoms with Crippen molar-refractivity contribution in [2.75, 3.05) is 31.1 Å². The van der Waals surface area contributed by atoms with Gasteiger partial charge in [0.1, 0.15) is 6.04 Å². The van der Waals surface area contributed by atoms with Gasteiger partial charge in [-0.1, -0.05) is 56.9 Å². The number of likely N-dealkylation sites (tertiary alicyclic amines) is 1. The molecule has 1 aromatic heterocycles. The van der Waals surface area contributed by atoms with Crippen molar-refractivity contribution in [3.05, 3.63) is 72.1 Å². The summed E-state index contributed by atoms with van der Waals surface area (Å²) >= 11 is 0. The fraction of sp³-hybridized carbons (Fsp3) is 0.537. The lowest BCUT2D eigenvalue weighted by Gasteiger charge is -2.39. The Morgan fingerprint density at radius 3 is 2.04 bits per heavy atom. The van der Waals surface area contributed by atoms with E-state index in [0.29, 0.717) is 5.82 Å². The topological polar surface area (TPSA) is 150 Å². The molecule has 1 saturated carbocycles. The molecule has 3 fully saturated rings. The second-order valence-electron chi connectivity index (χ2n) is 15.5. The molecule has 2 N–H and O–H groups in total. The van der Waals surface area contributed by atoms with Gasteiger partial charge in [0, 0.05) is 43.7 Å². The molecule has 2 aliphatic heterocycles. The summed E-state index contributed by atoms with van der Waals surface area (Å²) < 4.78 is 25.1.